The zero-order chi connectivity index (χ0) is 13.8. The predicted molar refractivity (Wildman–Crippen MR) is 65.0 cm³/mol. The Kier molecular flexibility index (Phi) is 3.51. The molecule has 0 aliphatic rings. The van der Waals surface area contributed by atoms with Crippen molar-refractivity contribution in [1.82, 2.24) is 0 Å². The van der Waals surface area contributed by atoms with Gasteiger partial charge in [0.25, 0.3) is 0 Å². The van der Waals surface area contributed by atoms with Crippen molar-refractivity contribution in [2.45, 2.75) is 0 Å². The quantitative estimate of drug-likeness (QED) is 0.480. The Balaban J connectivity index is 2.48. The Hall–Kier alpha value is -2.76. The van der Waals surface area contributed by atoms with Crippen molar-refractivity contribution in [2.24, 2.45) is 0 Å². The standard InChI is InChI=1S/C13H8FNO4/c14-10-5-3-4-9(8-16)13(10)19-12-7-2-1-6-11(12)15(17)18/h1-8H. The number of halogens is 1. The van der Waals surface area contributed by atoms with E-state index in [4.69, 9.17) is 4.74 Å². The number of para-hydroxylation sites is 3. The van der Waals surface area contributed by atoms with Crippen LogP contribution in [0.1, 0.15) is 10.4 Å². The van der Waals surface area contributed by atoms with Crippen LogP contribution in [0.4, 0.5) is 10.1 Å². The van der Waals surface area contributed by atoms with E-state index >= 15 is 0 Å². The first kappa shape index (κ1) is 12.7. The van der Waals surface area contributed by atoms with E-state index in [2.05, 4.69) is 0 Å². The zero-order valence-corrected chi connectivity index (χ0v) is 9.58. The van der Waals surface area contributed by atoms with Gasteiger partial charge in [0.05, 0.1) is 10.5 Å². The Morgan fingerprint density at radius 1 is 1.16 bits per heavy atom. The van der Waals surface area contributed by atoms with Gasteiger partial charge in [-0.1, -0.05) is 18.2 Å². The molecule has 19 heavy (non-hydrogen) atoms. The van der Waals surface area contributed by atoms with Gasteiger partial charge in [-0.2, -0.15) is 0 Å². The van der Waals surface area contributed by atoms with Crippen molar-refractivity contribution in [3.05, 3.63) is 64.0 Å². The van der Waals surface area contributed by atoms with Crippen LogP contribution in [0, 0.1) is 15.9 Å². The van der Waals surface area contributed by atoms with E-state index < -0.39 is 10.7 Å². The number of carbonyl (C=O) groups excluding carboxylic acids is 1. The SMILES string of the molecule is O=Cc1cccc(F)c1Oc1ccccc1[N+](=O)[O-]. The first-order valence-corrected chi connectivity index (χ1v) is 5.28. The van der Waals surface area contributed by atoms with E-state index in [-0.39, 0.29) is 22.7 Å². The average molecular weight is 261 g/mol. The van der Waals surface area contributed by atoms with Crippen molar-refractivity contribution in [1.29, 1.82) is 0 Å². The number of nitrogens with zero attached hydrogens (tertiary/aromatic N) is 1. The van der Waals surface area contributed by atoms with Crippen LogP contribution in [0.15, 0.2) is 42.5 Å². The van der Waals surface area contributed by atoms with Crippen LogP contribution < -0.4 is 4.74 Å². The molecule has 6 heteroatoms. The largest absolute Gasteiger partial charge is 0.446 e. The lowest BCUT2D eigenvalue weighted by molar-refractivity contribution is -0.385. The molecule has 0 heterocycles. The fraction of sp³-hybridized carbons (Fsp3) is 0. The highest BCUT2D eigenvalue weighted by molar-refractivity contribution is 5.79. The van der Waals surface area contributed by atoms with Crippen LogP contribution in [0.3, 0.4) is 0 Å². The van der Waals surface area contributed by atoms with E-state index in [9.17, 15) is 19.3 Å². The van der Waals surface area contributed by atoms with Gasteiger partial charge in [0.15, 0.2) is 17.9 Å². The molecule has 0 radical (unpaired) electrons. The molecule has 0 N–H and O–H groups in total. The number of ether oxygens (including phenoxy) is 1. The van der Waals surface area contributed by atoms with Crippen LogP contribution >= 0.6 is 0 Å². The van der Waals surface area contributed by atoms with Crippen LogP contribution in [-0.4, -0.2) is 11.2 Å². The topological polar surface area (TPSA) is 69.4 Å². The third-order valence-electron chi connectivity index (χ3n) is 2.40. The first-order valence-electron chi connectivity index (χ1n) is 5.28. The Labute approximate surface area is 107 Å². The molecule has 0 aliphatic carbocycles. The summed E-state index contributed by atoms with van der Waals surface area (Å²) in [5, 5.41) is 10.8. The number of aldehydes is 1. The lowest BCUT2D eigenvalue weighted by Gasteiger charge is -2.08. The number of nitro groups is 1. The summed E-state index contributed by atoms with van der Waals surface area (Å²) in [5.74, 6) is -1.21. The summed E-state index contributed by atoms with van der Waals surface area (Å²) in [6.07, 6.45) is 0.424. The van der Waals surface area contributed by atoms with Gasteiger partial charge in [0.1, 0.15) is 0 Å². The maximum Gasteiger partial charge on any atom is 0.311 e. The molecule has 0 saturated heterocycles. The smallest absolute Gasteiger partial charge is 0.311 e. The summed E-state index contributed by atoms with van der Waals surface area (Å²) in [7, 11) is 0. The van der Waals surface area contributed by atoms with Gasteiger partial charge in [-0.25, -0.2) is 4.39 Å². The number of carbonyl (C=O) groups is 1. The van der Waals surface area contributed by atoms with Gasteiger partial charge in [0.2, 0.25) is 5.75 Å². The average Bonchev–Trinajstić information content (AvgIpc) is 2.41. The minimum absolute atomic E-state index is 0.0156. The number of rotatable bonds is 4. The molecular weight excluding hydrogens is 253 g/mol. The maximum absolute atomic E-state index is 13.6. The molecule has 0 bridgehead atoms. The van der Waals surface area contributed by atoms with Gasteiger partial charge < -0.3 is 4.74 Å². The van der Waals surface area contributed by atoms with E-state index in [1.807, 2.05) is 0 Å². The predicted octanol–water partition coefficient (Wildman–Crippen LogP) is 3.34. The lowest BCUT2D eigenvalue weighted by Crippen LogP contribution is -1.97. The molecule has 0 unspecified atom stereocenters. The molecule has 0 saturated carbocycles. The Morgan fingerprint density at radius 3 is 2.58 bits per heavy atom. The second-order valence-corrected chi connectivity index (χ2v) is 3.60. The maximum atomic E-state index is 13.6. The Morgan fingerprint density at radius 2 is 1.89 bits per heavy atom. The lowest BCUT2D eigenvalue weighted by atomic mass is 10.2. The normalized spacial score (nSPS) is 9.95. The van der Waals surface area contributed by atoms with Crippen molar-refractivity contribution in [3.63, 3.8) is 0 Å². The van der Waals surface area contributed by atoms with Crippen LogP contribution in [-0.2, 0) is 0 Å². The van der Waals surface area contributed by atoms with Crippen molar-refractivity contribution < 1.29 is 18.8 Å². The summed E-state index contributed by atoms with van der Waals surface area (Å²) in [5.41, 5.74) is -0.319. The van der Waals surface area contributed by atoms with Gasteiger partial charge in [-0.15, -0.1) is 0 Å². The van der Waals surface area contributed by atoms with E-state index in [1.165, 1.54) is 36.4 Å². The third kappa shape index (κ3) is 2.57. The second-order valence-electron chi connectivity index (χ2n) is 3.60. The van der Waals surface area contributed by atoms with Gasteiger partial charge >= 0.3 is 5.69 Å². The van der Waals surface area contributed by atoms with E-state index in [0.717, 1.165) is 6.07 Å². The summed E-state index contributed by atoms with van der Waals surface area (Å²) in [6, 6.07) is 9.37. The van der Waals surface area contributed by atoms with Crippen molar-refractivity contribution in [3.8, 4) is 11.5 Å². The molecule has 5 nitrogen and oxygen atoms in total. The first-order chi connectivity index (χ1) is 9.13. The zero-order valence-electron chi connectivity index (χ0n) is 9.58. The highest BCUT2D eigenvalue weighted by Gasteiger charge is 2.18. The molecular formula is C13H8FNO4. The molecule has 0 spiro atoms. The monoisotopic (exact) mass is 261 g/mol. The van der Waals surface area contributed by atoms with E-state index in [1.54, 1.807) is 0 Å². The molecule has 2 aromatic rings. The third-order valence-corrected chi connectivity index (χ3v) is 2.40. The summed E-state index contributed by atoms with van der Waals surface area (Å²) >= 11 is 0. The molecule has 2 rings (SSSR count). The van der Waals surface area contributed by atoms with Gasteiger partial charge in [-0.3, -0.25) is 14.9 Å². The van der Waals surface area contributed by atoms with Crippen molar-refractivity contribution >= 4 is 12.0 Å². The number of hydrogen-bond donors (Lipinski definition) is 0. The van der Waals surface area contributed by atoms with E-state index in [0.29, 0.717) is 6.29 Å². The molecule has 0 amide bonds. The van der Waals surface area contributed by atoms with Crippen molar-refractivity contribution in [2.75, 3.05) is 0 Å². The molecule has 2 aromatic carbocycles. The molecule has 96 valence electrons. The highest BCUT2D eigenvalue weighted by atomic mass is 19.1. The number of hydrogen-bond acceptors (Lipinski definition) is 4. The highest BCUT2D eigenvalue weighted by Crippen LogP contribution is 2.33. The minimum Gasteiger partial charge on any atom is -0.446 e. The second kappa shape index (κ2) is 5.26. The fourth-order valence-electron chi connectivity index (χ4n) is 1.53. The number of benzene rings is 2. The molecule has 0 fully saturated rings. The Bertz CT molecular complexity index is 642. The minimum atomic E-state index is -0.761. The van der Waals surface area contributed by atoms with Crippen LogP contribution in [0.2, 0.25) is 0 Å². The number of nitro benzene ring substituents is 1. The van der Waals surface area contributed by atoms with Gasteiger partial charge in [0, 0.05) is 6.07 Å². The van der Waals surface area contributed by atoms with Crippen LogP contribution in [0.5, 0.6) is 11.5 Å². The summed E-state index contributed by atoms with van der Waals surface area (Å²) < 4.78 is 18.8. The summed E-state index contributed by atoms with van der Waals surface area (Å²) in [6.45, 7) is 0. The molecule has 0 atom stereocenters. The molecule has 0 aliphatic heterocycles. The fourth-order valence-corrected chi connectivity index (χ4v) is 1.53. The van der Waals surface area contributed by atoms with Crippen LogP contribution in [0.25, 0.3) is 0 Å². The molecule has 0 aromatic heterocycles. The van der Waals surface area contributed by atoms with Gasteiger partial charge in [-0.05, 0) is 18.2 Å². The summed E-state index contributed by atoms with van der Waals surface area (Å²) in [4.78, 5) is 21.0.